The van der Waals surface area contributed by atoms with Crippen molar-refractivity contribution in [1.29, 1.82) is 0 Å². The Hall–Kier alpha value is -1.30. The minimum atomic E-state index is -0.737. The first-order valence-corrected chi connectivity index (χ1v) is 8.01. The van der Waals surface area contributed by atoms with Crippen LogP contribution >= 0.6 is 0 Å². The van der Waals surface area contributed by atoms with Crippen LogP contribution in [0.4, 0.5) is 4.79 Å². The number of carbonyl (C=O) groups is 2. The fraction of sp³-hybridized carbons (Fsp3) is 0.867. The van der Waals surface area contributed by atoms with E-state index in [1.807, 2.05) is 0 Å². The van der Waals surface area contributed by atoms with Gasteiger partial charge in [0.2, 0.25) is 0 Å². The predicted octanol–water partition coefficient (Wildman–Crippen LogP) is 1.48. The Labute approximate surface area is 125 Å². The van der Waals surface area contributed by atoms with Crippen LogP contribution in [-0.2, 0) is 4.79 Å². The topological polar surface area (TPSA) is 98.7 Å². The minimum Gasteiger partial charge on any atom is -0.481 e. The maximum atomic E-state index is 12.0. The van der Waals surface area contributed by atoms with Gasteiger partial charge in [-0.25, -0.2) is 4.79 Å². The van der Waals surface area contributed by atoms with Gasteiger partial charge in [0.05, 0.1) is 18.6 Å². The van der Waals surface area contributed by atoms with E-state index in [1.165, 1.54) is 12.8 Å². The molecule has 0 aromatic rings. The highest BCUT2D eigenvalue weighted by atomic mass is 16.4. The number of rotatable bonds is 5. The number of aliphatic carboxylic acids is 1. The molecule has 2 amide bonds. The molecule has 0 aromatic carbocycles. The molecule has 0 aliphatic heterocycles. The smallest absolute Gasteiger partial charge is 0.315 e. The van der Waals surface area contributed by atoms with Crippen LogP contribution in [0.2, 0.25) is 0 Å². The number of carboxylic acid groups (broad SMARTS) is 1. The first kappa shape index (κ1) is 16.1. The molecule has 2 aliphatic carbocycles. The van der Waals surface area contributed by atoms with Crippen molar-refractivity contribution < 1.29 is 19.8 Å². The van der Waals surface area contributed by atoms with Crippen molar-refractivity contribution in [2.75, 3.05) is 6.61 Å². The molecule has 2 rings (SSSR count). The summed E-state index contributed by atoms with van der Waals surface area (Å²) in [5.74, 6) is -0.627. The first-order chi connectivity index (χ1) is 10.1. The fourth-order valence-electron chi connectivity index (χ4n) is 3.55. The quantitative estimate of drug-likeness (QED) is 0.618. The summed E-state index contributed by atoms with van der Waals surface area (Å²) in [6.07, 6.45) is 7.12. The van der Waals surface area contributed by atoms with E-state index in [2.05, 4.69) is 10.6 Å². The highest BCUT2D eigenvalue weighted by molar-refractivity contribution is 5.74. The maximum Gasteiger partial charge on any atom is 0.315 e. The van der Waals surface area contributed by atoms with E-state index in [4.69, 9.17) is 5.11 Å². The van der Waals surface area contributed by atoms with Gasteiger partial charge in [-0.1, -0.05) is 12.8 Å². The lowest BCUT2D eigenvalue weighted by Crippen LogP contribution is -2.50. The molecule has 0 spiro atoms. The monoisotopic (exact) mass is 298 g/mol. The number of carbonyl (C=O) groups excluding carboxylic acids is 1. The van der Waals surface area contributed by atoms with Crippen LogP contribution in [0.1, 0.15) is 51.4 Å². The zero-order valence-electron chi connectivity index (χ0n) is 12.4. The van der Waals surface area contributed by atoms with Gasteiger partial charge in [0.25, 0.3) is 0 Å². The van der Waals surface area contributed by atoms with Gasteiger partial charge < -0.3 is 20.8 Å². The molecule has 2 fully saturated rings. The third-order valence-electron chi connectivity index (χ3n) is 4.89. The third-order valence-corrected chi connectivity index (χ3v) is 4.89. The van der Waals surface area contributed by atoms with Gasteiger partial charge in [0.15, 0.2) is 0 Å². The molecule has 6 nitrogen and oxygen atoms in total. The summed E-state index contributed by atoms with van der Waals surface area (Å²) < 4.78 is 0. The Balaban J connectivity index is 1.72. The van der Waals surface area contributed by atoms with Crippen LogP contribution in [0.25, 0.3) is 0 Å². The Bertz CT molecular complexity index is 361. The molecule has 2 saturated carbocycles. The Kier molecular flexibility index (Phi) is 5.85. The Morgan fingerprint density at radius 2 is 1.67 bits per heavy atom. The second-order valence-corrected chi connectivity index (χ2v) is 6.34. The van der Waals surface area contributed by atoms with Gasteiger partial charge in [0, 0.05) is 6.04 Å². The molecule has 0 bridgehead atoms. The van der Waals surface area contributed by atoms with Gasteiger partial charge >= 0.3 is 12.0 Å². The largest absolute Gasteiger partial charge is 0.481 e. The zero-order valence-corrected chi connectivity index (χ0v) is 12.4. The lowest BCUT2D eigenvalue weighted by atomic mass is 9.86. The van der Waals surface area contributed by atoms with E-state index in [0.29, 0.717) is 31.6 Å². The molecular weight excluding hydrogens is 272 g/mol. The van der Waals surface area contributed by atoms with Gasteiger partial charge in [-0.2, -0.15) is 0 Å². The van der Waals surface area contributed by atoms with Crippen molar-refractivity contribution in [1.82, 2.24) is 10.6 Å². The van der Waals surface area contributed by atoms with Gasteiger partial charge in [0.1, 0.15) is 0 Å². The number of hydrogen-bond donors (Lipinski definition) is 4. The summed E-state index contributed by atoms with van der Waals surface area (Å²) in [7, 11) is 0. The van der Waals surface area contributed by atoms with Crippen LogP contribution in [-0.4, -0.2) is 40.9 Å². The van der Waals surface area contributed by atoms with Crippen LogP contribution in [0.15, 0.2) is 0 Å². The maximum absolute atomic E-state index is 12.0. The molecule has 120 valence electrons. The molecule has 0 heterocycles. The standard InChI is InChI=1S/C15H26N2O4/c18-9-13(10-3-1-2-4-10)17-15(21)16-12-7-5-11(6-8-12)14(19)20/h10-13,18H,1-9H2,(H,19,20)(H2,16,17,21). The van der Waals surface area contributed by atoms with E-state index in [0.717, 1.165) is 12.8 Å². The van der Waals surface area contributed by atoms with Crippen molar-refractivity contribution >= 4 is 12.0 Å². The van der Waals surface area contributed by atoms with Crippen LogP contribution in [0.5, 0.6) is 0 Å². The number of aliphatic hydroxyl groups excluding tert-OH is 1. The molecule has 1 unspecified atom stereocenters. The number of aliphatic hydroxyl groups is 1. The van der Waals surface area contributed by atoms with Crippen molar-refractivity contribution in [3.63, 3.8) is 0 Å². The highest BCUT2D eigenvalue weighted by Crippen LogP contribution is 2.28. The third kappa shape index (κ3) is 4.59. The average Bonchev–Trinajstić information content (AvgIpc) is 2.99. The summed E-state index contributed by atoms with van der Waals surface area (Å²) in [4.78, 5) is 22.9. The second-order valence-electron chi connectivity index (χ2n) is 6.34. The summed E-state index contributed by atoms with van der Waals surface area (Å²) in [6.45, 7) is -0.0240. The van der Waals surface area contributed by atoms with Gasteiger partial charge in [-0.05, 0) is 44.4 Å². The highest BCUT2D eigenvalue weighted by Gasteiger charge is 2.29. The van der Waals surface area contributed by atoms with Crippen LogP contribution in [0.3, 0.4) is 0 Å². The van der Waals surface area contributed by atoms with Gasteiger partial charge in [-0.15, -0.1) is 0 Å². The summed E-state index contributed by atoms with van der Waals surface area (Å²) in [5, 5.41) is 24.2. The Morgan fingerprint density at radius 3 is 2.19 bits per heavy atom. The van der Waals surface area contributed by atoms with Gasteiger partial charge in [-0.3, -0.25) is 4.79 Å². The Morgan fingerprint density at radius 1 is 1.05 bits per heavy atom. The van der Waals surface area contributed by atoms with E-state index < -0.39 is 5.97 Å². The molecule has 21 heavy (non-hydrogen) atoms. The molecular formula is C15H26N2O4. The molecule has 1 atom stereocenters. The molecule has 6 heteroatoms. The molecule has 0 saturated heterocycles. The average molecular weight is 298 g/mol. The van der Waals surface area contributed by atoms with Crippen molar-refractivity contribution in [3.8, 4) is 0 Å². The van der Waals surface area contributed by atoms with Crippen molar-refractivity contribution in [2.45, 2.75) is 63.5 Å². The van der Waals surface area contributed by atoms with E-state index >= 15 is 0 Å². The van der Waals surface area contributed by atoms with Crippen LogP contribution < -0.4 is 10.6 Å². The molecule has 0 aromatic heterocycles. The summed E-state index contributed by atoms with van der Waals surface area (Å²) in [6, 6.07) is -0.355. The van der Waals surface area contributed by atoms with Crippen molar-refractivity contribution in [2.24, 2.45) is 11.8 Å². The molecule has 0 radical (unpaired) electrons. The SMILES string of the molecule is O=C(NC1CCC(C(=O)O)CC1)NC(CO)C1CCCC1. The number of carboxylic acids is 1. The van der Waals surface area contributed by atoms with Crippen molar-refractivity contribution in [3.05, 3.63) is 0 Å². The number of hydrogen-bond acceptors (Lipinski definition) is 3. The lowest BCUT2D eigenvalue weighted by Gasteiger charge is -2.28. The lowest BCUT2D eigenvalue weighted by molar-refractivity contribution is -0.142. The van der Waals surface area contributed by atoms with E-state index in [-0.39, 0.29) is 30.6 Å². The normalized spacial score (nSPS) is 28.0. The van der Waals surface area contributed by atoms with E-state index in [1.54, 1.807) is 0 Å². The summed E-state index contributed by atoms with van der Waals surface area (Å²) in [5.41, 5.74) is 0. The second kappa shape index (κ2) is 7.64. The fourth-order valence-corrected chi connectivity index (χ4v) is 3.55. The zero-order chi connectivity index (χ0) is 15.2. The number of amides is 2. The predicted molar refractivity (Wildman–Crippen MR) is 77.9 cm³/mol. The minimum absolute atomic E-state index is 0.0240. The molecule has 2 aliphatic rings. The number of nitrogens with one attached hydrogen (secondary N) is 2. The molecule has 4 N–H and O–H groups in total. The van der Waals surface area contributed by atoms with Crippen LogP contribution in [0, 0.1) is 11.8 Å². The number of urea groups is 1. The summed E-state index contributed by atoms with van der Waals surface area (Å²) >= 11 is 0. The van der Waals surface area contributed by atoms with E-state index in [9.17, 15) is 14.7 Å². The first-order valence-electron chi connectivity index (χ1n) is 8.01.